The molecule has 0 atom stereocenters. The fourth-order valence-electron chi connectivity index (χ4n) is 2.37. The van der Waals surface area contributed by atoms with Gasteiger partial charge in [0.15, 0.2) is 0 Å². The second-order valence-electron chi connectivity index (χ2n) is 5.62. The number of nitrogens with zero attached hydrogens (tertiary/aromatic N) is 1. The van der Waals surface area contributed by atoms with Crippen molar-refractivity contribution in [1.29, 1.82) is 0 Å². The molecule has 7 heteroatoms. The zero-order chi connectivity index (χ0) is 19.2. The zero-order valence-electron chi connectivity index (χ0n) is 14.1. The minimum Gasteiger partial charge on any atom is -0.324 e. The number of thiocarbonyl (C=S) groups is 1. The van der Waals surface area contributed by atoms with Crippen molar-refractivity contribution in [2.45, 2.75) is 0 Å². The minimum absolute atomic E-state index is 0.221. The molecule has 1 heterocycles. The highest BCUT2D eigenvalue weighted by Gasteiger charge is 2.33. The maximum absolute atomic E-state index is 13.2. The normalized spacial score (nSPS) is 15.7. The number of rotatable bonds is 5. The smallest absolute Gasteiger partial charge is 0.266 e. The van der Waals surface area contributed by atoms with E-state index >= 15 is 0 Å². The molecule has 3 rings (SSSR count). The van der Waals surface area contributed by atoms with E-state index in [4.69, 9.17) is 12.2 Å². The molecule has 1 aliphatic heterocycles. The van der Waals surface area contributed by atoms with Crippen molar-refractivity contribution in [2.75, 3.05) is 11.9 Å². The van der Waals surface area contributed by atoms with Gasteiger partial charge >= 0.3 is 0 Å². The molecule has 0 aliphatic carbocycles. The van der Waals surface area contributed by atoms with Gasteiger partial charge in [0.1, 0.15) is 16.7 Å². The largest absolute Gasteiger partial charge is 0.324 e. The monoisotopic (exact) mass is 398 g/mol. The molecule has 2 aromatic rings. The van der Waals surface area contributed by atoms with Crippen LogP contribution in [0.5, 0.6) is 0 Å². The first-order valence-corrected chi connectivity index (χ1v) is 9.28. The fourth-order valence-corrected chi connectivity index (χ4v) is 3.58. The predicted octanol–water partition coefficient (Wildman–Crippen LogP) is 4.22. The highest BCUT2D eigenvalue weighted by atomic mass is 32.2. The highest BCUT2D eigenvalue weighted by molar-refractivity contribution is 8.26. The van der Waals surface area contributed by atoms with Crippen LogP contribution in [0, 0.1) is 5.82 Å². The van der Waals surface area contributed by atoms with Crippen LogP contribution in [0.4, 0.5) is 10.1 Å². The molecule has 27 heavy (non-hydrogen) atoms. The molecule has 0 spiro atoms. The lowest BCUT2D eigenvalue weighted by Gasteiger charge is -2.14. The Morgan fingerprint density at radius 2 is 1.96 bits per heavy atom. The molecule has 1 saturated heterocycles. The van der Waals surface area contributed by atoms with Gasteiger partial charge in [-0.25, -0.2) is 4.39 Å². The molecule has 136 valence electrons. The van der Waals surface area contributed by atoms with Crippen LogP contribution in [0.2, 0.25) is 0 Å². The van der Waals surface area contributed by atoms with Crippen LogP contribution < -0.4 is 5.32 Å². The summed E-state index contributed by atoms with van der Waals surface area (Å²) in [6.07, 6.45) is 5.33. The topological polar surface area (TPSA) is 49.4 Å². The van der Waals surface area contributed by atoms with Crippen molar-refractivity contribution in [1.82, 2.24) is 4.90 Å². The van der Waals surface area contributed by atoms with Crippen molar-refractivity contribution in [3.05, 3.63) is 83.0 Å². The highest BCUT2D eigenvalue weighted by Crippen LogP contribution is 2.30. The van der Waals surface area contributed by atoms with E-state index in [0.29, 0.717) is 14.9 Å². The number of halogens is 1. The minimum atomic E-state index is -0.452. The quantitative estimate of drug-likeness (QED) is 0.605. The lowest BCUT2D eigenvalue weighted by Crippen LogP contribution is -2.36. The summed E-state index contributed by atoms with van der Waals surface area (Å²) >= 11 is 6.35. The van der Waals surface area contributed by atoms with Gasteiger partial charge in [-0.3, -0.25) is 14.5 Å². The number of hydrogen-bond acceptors (Lipinski definition) is 4. The Morgan fingerprint density at radius 1 is 1.19 bits per heavy atom. The Bertz CT molecular complexity index is 942. The van der Waals surface area contributed by atoms with Crippen LogP contribution >= 0.6 is 24.0 Å². The third kappa shape index (κ3) is 5.12. The van der Waals surface area contributed by atoms with Crippen LogP contribution in [-0.2, 0) is 9.59 Å². The molecule has 0 bridgehead atoms. The van der Waals surface area contributed by atoms with Gasteiger partial charge in [0.25, 0.3) is 5.91 Å². The number of benzene rings is 2. The molecule has 0 saturated carbocycles. The van der Waals surface area contributed by atoms with Gasteiger partial charge in [-0.1, -0.05) is 72.5 Å². The predicted molar refractivity (Wildman–Crippen MR) is 110 cm³/mol. The maximum atomic E-state index is 13.2. The molecule has 1 fully saturated rings. The molecule has 1 aliphatic rings. The van der Waals surface area contributed by atoms with Crippen molar-refractivity contribution in [2.24, 2.45) is 0 Å². The number of allylic oxidation sites excluding steroid dienone is 2. The number of thioether (sulfide) groups is 1. The van der Waals surface area contributed by atoms with E-state index in [1.165, 1.54) is 23.1 Å². The number of hydrogen-bond donors (Lipinski definition) is 1. The van der Waals surface area contributed by atoms with Crippen LogP contribution in [0.25, 0.3) is 6.08 Å². The second-order valence-corrected chi connectivity index (χ2v) is 7.29. The number of carbonyl (C=O) groups excluding carboxylic acids is 2. The third-order valence-corrected chi connectivity index (χ3v) is 5.02. The van der Waals surface area contributed by atoms with Crippen molar-refractivity contribution in [3.8, 4) is 0 Å². The Kier molecular flexibility index (Phi) is 6.16. The van der Waals surface area contributed by atoms with Crippen LogP contribution in [0.15, 0.2) is 71.7 Å². The summed E-state index contributed by atoms with van der Waals surface area (Å²) in [5.74, 6) is -1.22. The summed E-state index contributed by atoms with van der Waals surface area (Å²) in [6, 6.07) is 15.2. The van der Waals surface area contributed by atoms with E-state index in [1.54, 1.807) is 18.2 Å². The summed E-state index contributed by atoms with van der Waals surface area (Å²) in [5.41, 5.74) is 1.34. The lowest BCUT2D eigenvalue weighted by molar-refractivity contribution is -0.126. The summed E-state index contributed by atoms with van der Waals surface area (Å²) in [7, 11) is 0. The van der Waals surface area contributed by atoms with Crippen LogP contribution in [0.3, 0.4) is 0 Å². The van der Waals surface area contributed by atoms with E-state index in [0.717, 1.165) is 17.3 Å². The molecular weight excluding hydrogens is 383 g/mol. The van der Waals surface area contributed by atoms with Crippen molar-refractivity contribution >= 4 is 51.9 Å². The first kappa shape index (κ1) is 19.0. The first-order chi connectivity index (χ1) is 13.0. The number of carbonyl (C=O) groups is 2. The Hall–Kier alpha value is -2.77. The fraction of sp³-hybridized carbons (Fsp3) is 0.0500. The summed E-state index contributed by atoms with van der Waals surface area (Å²) < 4.78 is 13.5. The number of nitrogens with one attached hydrogen (secondary N) is 1. The third-order valence-electron chi connectivity index (χ3n) is 3.62. The van der Waals surface area contributed by atoms with Crippen LogP contribution in [0.1, 0.15) is 5.56 Å². The SMILES string of the molecule is O=C(CN1C(=O)/C(=C/C=C/c2ccccc2)SC1=S)Nc1cccc(F)c1. The molecule has 1 N–H and O–H groups in total. The maximum Gasteiger partial charge on any atom is 0.266 e. The number of amides is 2. The molecule has 0 unspecified atom stereocenters. The van der Waals surface area contributed by atoms with Crippen molar-refractivity contribution in [3.63, 3.8) is 0 Å². The van der Waals surface area contributed by atoms with Crippen molar-refractivity contribution < 1.29 is 14.0 Å². The summed E-state index contributed by atoms with van der Waals surface area (Å²) in [4.78, 5) is 26.3. The van der Waals surface area contributed by atoms with E-state index in [2.05, 4.69) is 5.32 Å². The molecular formula is C20H15FN2O2S2. The summed E-state index contributed by atoms with van der Waals surface area (Å²) in [6.45, 7) is -0.221. The standard InChI is InChI=1S/C20H15FN2O2S2/c21-15-9-5-10-16(12-15)22-18(24)13-23-19(25)17(27-20(23)26)11-4-8-14-6-2-1-3-7-14/h1-12H,13H2,(H,22,24)/b8-4+,17-11-. The second kappa shape index (κ2) is 8.75. The van der Waals surface area contributed by atoms with Gasteiger partial charge in [-0.2, -0.15) is 0 Å². The van der Waals surface area contributed by atoms with E-state index in [9.17, 15) is 14.0 Å². The van der Waals surface area contributed by atoms with E-state index < -0.39 is 11.7 Å². The molecule has 2 aromatic carbocycles. The average molecular weight is 398 g/mol. The number of anilines is 1. The van der Waals surface area contributed by atoms with E-state index in [1.807, 2.05) is 36.4 Å². The van der Waals surface area contributed by atoms with E-state index in [-0.39, 0.29) is 12.5 Å². The molecule has 0 radical (unpaired) electrons. The lowest BCUT2D eigenvalue weighted by atomic mass is 10.2. The Labute approximate surface area is 165 Å². The van der Waals surface area contributed by atoms with Gasteiger partial charge in [0.05, 0.1) is 4.91 Å². The average Bonchev–Trinajstić information content (AvgIpc) is 2.90. The van der Waals surface area contributed by atoms with Gasteiger partial charge < -0.3 is 5.32 Å². The Morgan fingerprint density at radius 3 is 2.70 bits per heavy atom. The van der Waals surface area contributed by atoms with Gasteiger partial charge in [0, 0.05) is 5.69 Å². The van der Waals surface area contributed by atoms with Crippen LogP contribution in [-0.4, -0.2) is 27.6 Å². The first-order valence-electron chi connectivity index (χ1n) is 8.05. The van der Waals surface area contributed by atoms with Gasteiger partial charge in [-0.15, -0.1) is 0 Å². The Balaban J connectivity index is 1.62. The zero-order valence-corrected chi connectivity index (χ0v) is 15.7. The summed E-state index contributed by atoms with van der Waals surface area (Å²) in [5, 5.41) is 2.56. The molecule has 2 amide bonds. The molecule has 4 nitrogen and oxygen atoms in total. The van der Waals surface area contributed by atoms with Gasteiger partial charge in [0.2, 0.25) is 5.91 Å². The van der Waals surface area contributed by atoms with Gasteiger partial charge in [-0.05, 0) is 29.8 Å². The molecule has 0 aromatic heterocycles.